The third kappa shape index (κ3) is 2.33. The van der Waals surface area contributed by atoms with E-state index >= 15 is 0 Å². The first-order valence-corrected chi connectivity index (χ1v) is 6.45. The number of ether oxygens (including phenoxy) is 1. The van der Waals surface area contributed by atoms with Crippen molar-refractivity contribution in [1.82, 2.24) is 19.6 Å². The van der Waals surface area contributed by atoms with Crippen molar-refractivity contribution in [2.45, 2.75) is 13.3 Å². The van der Waals surface area contributed by atoms with Crippen molar-refractivity contribution in [3.8, 4) is 5.75 Å². The van der Waals surface area contributed by atoms with Crippen LogP contribution in [0, 0.1) is 6.92 Å². The van der Waals surface area contributed by atoms with Crippen molar-refractivity contribution in [2.75, 3.05) is 12.8 Å². The average Bonchev–Trinajstić information content (AvgIpc) is 2.85. The van der Waals surface area contributed by atoms with E-state index in [0.29, 0.717) is 17.7 Å². The number of anilines is 1. The largest absolute Gasteiger partial charge is 0.497 e. The third-order valence-electron chi connectivity index (χ3n) is 3.35. The van der Waals surface area contributed by atoms with Crippen LogP contribution in [0.25, 0.3) is 5.78 Å². The first-order valence-electron chi connectivity index (χ1n) is 6.45. The van der Waals surface area contributed by atoms with Gasteiger partial charge in [-0.15, -0.1) is 0 Å². The maximum Gasteiger partial charge on any atom is 0.277 e. The Morgan fingerprint density at radius 3 is 2.67 bits per heavy atom. The summed E-state index contributed by atoms with van der Waals surface area (Å²) in [6.45, 7) is 1.80. The van der Waals surface area contributed by atoms with Gasteiger partial charge in [0.15, 0.2) is 0 Å². The normalized spacial score (nSPS) is 11.0. The van der Waals surface area contributed by atoms with Crippen LogP contribution in [0.5, 0.6) is 5.75 Å². The highest BCUT2D eigenvalue weighted by molar-refractivity contribution is 5.38. The zero-order valence-electron chi connectivity index (χ0n) is 11.8. The molecule has 3 N–H and O–H groups in total. The third-order valence-corrected chi connectivity index (χ3v) is 3.35. The molecule has 3 aromatic rings. The molecule has 0 amide bonds. The van der Waals surface area contributed by atoms with Gasteiger partial charge >= 0.3 is 0 Å². The Morgan fingerprint density at radius 1 is 1.29 bits per heavy atom. The molecule has 0 unspecified atom stereocenters. The van der Waals surface area contributed by atoms with Gasteiger partial charge in [-0.1, -0.05) is 12.1 Å². The molecule has 7 heteroatoms. The van der Waals surface area contributed by atoms with Crippen LogP contribution in [0.15, 0.2) is 29.1 Å². The number of nitrogens with two attached hydrogens (primary N) is 1. The summed E-state index contributed by atoms with van der Waals surface area (Å²) in [5.74, 6) is 1.23. The predicted molar refractivity (Wildman–Crippen MR) is 78.6 cm³/mol. The summed E-state index contributed by atoms with van der Waals surface area (Å²) in [6.07, 6.45) is 0.490. The van der Waals surface area contributed by atoms with E-state index in [4.69, 9.17) is 10.5 Å². The minimum Gasteiger partial charge on any atom is -0.497 e. The molecule has 0 aliphatic heterocycles. The fourth-order valence-corrected chi connectivity index (χ4v) is 2.22. The number of methoxy groups -OCH3 is 1. The van der Waals surface area contributed by atoms with E-state index in [1.807, 2.05) is 24.3 Å². The lowest BCUT2D eigenvalue weighted by Gasteiger charge is -2.06. The van der Waals surface area contributed by atoms with Gasteiger partial charge in [0.25, 0.3) is 11.3 Å². The van der Waals surface area contributed by atoms with E-state index in [2.05, 4.69) is 15.1 Å². The molecule has 2 aromatic heterocycles. The van der Waals surface area contributed by atoms with Crippen molar-refractivity contribution in [1.29, 1.82) is 0 Å². The Labute approximate surface area is 120 Å². The van der Waals surface area contributed by atoms with Gasteiger partial charge in [0.2, 0.25) is 5.95 Å². The molecule has 2 heterocycles. The molecule has 1 aromatic carbocycles. The number of aromatic nitrogens is 4. The molecule has 21 heavy (non-hydrogen) atoms. The fraction of sp³-hybridized carbons (Fsp3) is 0.214. The van der Waals surface area contributed by atoms with Crippen LogP contribution in [-0.4, -0.2) is 26.7 Å². The second kappa shape index (κ2) is 4.93. The SMILES string of the molecule is COc1ccc(Cc2c(C)nc3nc(N)[nH]n3c2=O)cc1. The number of fused-ring (bicyclic) bond motifs is 1. The molecule has 0 fully saturated rings. The Morgan fingerprint density at radius 2 is 2.00 bits per heavy atom. The molecule has 0 bridgehead atoms. The molecular formula is C14H15N5O2. The Hall–Kier alpha value is -2.83. The maximum absolute atomic E-state index is 12.5. The number of aromatic amines is 1. The highest BCUT2D eigenvalue weighted by atomic mass is 16.5. The lowest BCUT2D eigenvalue weighted by molar-refractivity contribution is 0.414. The van der Waals surface area contributed by atoms with Gasteiger partial charge in [-0.2, -0.15) is 9.50 Å². The summed E-state index contributed by atoms with van der Waals surface area (Å²) < 4.78 is 6.39. The van der Waals surface area contributed by atoms with Crippen LogP contribution >= 0.6 is 0 Å². The molecule has 7 nitrogen and oxygen atoms in total. The van der Waals surface area contributed by atoms with Crippen molar-refractivity contribution >= 4 is 11.7 Å². The molecule has 0 aliphatic rings. The highest BCUT2D eigenvalue weighted by Gasteiger charge is 2.13. The minimum atomic E-state index is -0.183. The smallest absolute Gasteiger partial charge is 0.277 e. The van der Waals surface area contributed by atoms with Gasteiger partial charge in [0.1, 0.15) is 5.75 Å². The Bertz CT molecular complexity index is 848. The number of benzene rings is 1. The lowest BCUT2D eigenvalue weighted by atomic mass is 10.1. The molecule has 0 radical (unpaired) electrons. The van der Waals surface area contributed by atoms with Gasteiger partial charge in [0, 0.05) is 12.0 Å². The second-order valence-corrected chi connectivity index (χ2v) is 4.75. The maximum atomic E-state index is 12.5. The summed E-state index contributed by atoms with van der Waals surface area (Å²) in [4.78, 5) is 20.7. The van der Waals surface area contributed by atoms with E-state index in [1.54, 1.807) is 14.0 Å². The second-order valence-electron chi connectivity index (χ2n) is 4.75. The van der Waals surface area contributed by atoms with Crippen molar-refractivity contribution < 1.29 is 4.74 Å². The van der Waals surface area contributed by atoms with Crippen molar-refractivity contribution in [3.63, 3.8) is 0 Å². The predicted octanol–water partition coefficient (Wildman–Crippen LogP) is 0.908. The van der Waals surface area contributed by atoms with Crippen LogP contribution < -0.4 is 16.0 Å². The average molecular weight is 285 g/mol. The van der Waals surface area contributed by atoms with E-state index < -0.39 is 0 Å². The minimum absolute atomic E-state index is 0.167. The van der Waals surface area contributed by atoms with Gasteiger partial charge in [-0.05, 0) is 24.6 Å². The van der Waals surface area contributed by atoms with E-state index in [0.717, 1.165) is 11.3 Å². The van der Waals surface area contributed by atoms with Crippen molar-refractivity contribution in [2.24, 2.45) is 0 Å². The number of hydrogen-bond donors (Lipinski definition) is 2. The first-order chi connectivity index (χ1) is 10.1. The van der Waals surface area contributed by atoms with Crippen LogP contribution in [0.1, 0.15) is 16.8 Å². The summed E-state index contributed by atoms with van der Waals surface area (Å²) in [5, 5.41) is 2.69. The van der Waals surface area contributed by atoms with Gasteiger partial charge in [-0.25, -0.2) is 4.98 Å². The van der Waals surface area contributed by atoms with E-state index in [1.165, 1.54) is 4.52 Å². The van der Waals surface area contributed by atoms with Gasteiger partial charge in [0.05, 0.1) is 12.8 Å². The first kappa shape index (κ1) is 13.2. The fourth-order valence-electron chi connectivity index (χ4n) is 2.22. The van der Waals surface area contributed by atoms with Gasteiger partial charge < -0.3 is 10.5 Å². The van der Waals surface area contributed by atoms with E-state index in [9.17, 15) is 4.79 Å². The number of rotatable bonds is 3. The monoisotopic (exact) mass is 285 g/mol. The number of hydrogen-bond acceptors (Lipinski definition) is 5. The summed E-state index contributed by atoms with van der Waals surface area (Å²) >= 11 is 0. The number of H-pyrrole nitrogens is 1. The summed E-state index contributed by atoms with van der Waals surface area (Å²) in [6, 6.07) is 7.58. The number of nitrogens with zero attached hydrogens (tertiary/aromatic N) is 3. The molecule has 0 saturated heterocycles. The highest BCUT2D eigenvalue weighted by Crippen LogP contribution is 2.15. The summed E-state index contributed by atoms with van der Waals surface area (Å²) in [5.41, 5.74) is 7.65. The zero-order valence-corrected chi connectivity index (χ0v) is 11.8. The van der Waals surface area contributed by atoms with Gasteiger partial charge in [-0.3, -0.25) is 9.89 Å². The molecule has 3 rings (SSSR count). The number of aryl methyl sites for hydroxylation is 1. The molecule has 0 spiro atoms. The lowest BCUT2D eigenvalue weighted by Crippen LogP contribution is -2.22. The summed E-state index contributed by atoms with van der Waals surface area (Å²) in [7, 11) is 1.62. The van der Waals surface area contributed by atoms with E-state index in [-0.39, 0.29) is 17.3 Å². The number of nitrogens with one attached hydrogen (secondary N) is 1. The molecule has 0 aliphatic carbocycles. The zero-order chi connectivity index (χ0) is 15.0. The van der Waals surface area contributed by atoms with Crippen LogP contribution in [0.4, 0.5) is 5.95 Å². The Kier molecular flexibility index (Phi) is 3.09. The molecular weight excluding hydrogens is 270 g/mol. The van der Waals surface area contributed by atoms with Crippen LogP contribution in [0.3, 0.4) is 0 Å². The topological polar surface area (TPSA) is 98.3 Å². The standard InChI is InChI=1S/C14H15N5O2/c1-8-11(7-9-3-5-10(21-2)6-4-9)12(20)19-14(16-8)17-13(15)18-19/h3-6H,7H2,1-2H3,(H3,15,16,17,18). The number of nitrogen functional groups attached to an aromatic ring is 1. The molecule has 108 valence electrons. The quantitative estimate of drug-likeness (QED) is 0.745. The van der Waals surface area contributed by atoms with Crippen LogP contribution in [-0.2, 0) is 6.42 Å². The van der Waals surface area contributed by atoms with Crippen LogP contribution in [0.2, 0.25) is 0 Å². The van der Waals surface area contributed by atoms with Crippen molar-refractivity contribution in [3.05, 3.63) is 51.4 Å². The molecule has 0 saturated carbocycles. The molecule has 0 atom stereocenters. The Balaban J connectivity index is 2.05.